The van der Waals surface area contributed by atoms with Gasteiger partial charge in [-0.05, 0) is 31.8 Å². The van der Waals surface area contributed by atoms with Crippen molar-refractivity contribution in [2.75, 3.05) is 19.6 Å². The zero-order valence-electron chi connectivity index (χ0n) is 11.9. The Bertz CT molecular complexity index is 513. The number of imidazole rings is 1. The maximum absolute atomic E-state index is 5.03. The molecule has 108 valence electrons. The molecule has 3 rings (SSSR count). The molecule has 0 aromatic carbocycles. The van der Waals surface area contributed by atoms with E-state index in [4.69, 9.17) is 4.52 Å². The summed E-state index contributed by atoms with van der Waals surface area (Å²) in [6.07, 6.45) is 9.12. The van der Waals surface area contributed by atoms with E-state index in [0.29, 0.717) is 11.8 Å². The fourth-order valence-electron chi connectivity index (χ4n) is 2.77. The van der Waals surface area contributed by atoms with Crippen LogP contribution in [-0.4, -0.2) is 44.2 Å². The molecule has 0 aliphatic carbocycles. The summed E-state index contributed by atoms with van der Waals surface area (Å²) in [6.45, 7) is 6.29. The average molecular weight is 275 g/mol. The van der Waals surface area contributed by atoms with Crippen molar-refractivity contribution in [1.29, 1.82) is 0 Å². The lowest BCUT2D eigenvalue weighted by Gasteiger charge is -2.31. The number of hydrogen-bond donors (Lipinski definition) is 0. The van der Waals surface area contributed by atoms with E-state index >= 15 is 0 Å². The first-order chi connectivity index (χ1) is 9.79. The van der Waals surface area contributed by atoms with E-state index in [0.717, 1.165) is 38.4 Å². The molecule has 0 amide bonds. The van der Waals surface area contributed by atoms with Crippen LogP contribution in [0.2, 0.25) is 0 Å². The van der Waals surface area contributed by atoms with Crippen molar-refractivity contribution in [3.8, 4) is 0 Å². The van der Waals surface area contributed by atoms with Crippen molar-refractivity contribution < 1.29 is 4.52 Å². The lowest BCUT2D eigenvalue weighted by molar-refractivity contribution is 0.177. The molecule has 0 radical (unpaired) electrons. The lowest BCUT2D eigenvalue weighted by Crippen LogP contribution is -2.36. The van der Waals surface area contributed by atoms with Crippen molar-refractivity contribution in [3.05, 3.63) is 30.4 Å². The van der Waals surface area contributed by atoms with Crippen molar-refractivity contribution in [2.45, 2.75) is 32.7 Å². The Balaban J connectivity index is 1.40. The summed E-state index contributed by atoms with van der Waals surface area (Å²) in [5.41, 5.74) is 0. The van der Waals surface area contributed by atoms with Gasteiger partial charge in [-0.2, -0.15) is 4.98 Å². The zero-order chi connectivity index (χ0) is 13.8. The van der Waals surface area contributed by atoms with Gasteiger partial charge in [-0.3, -0.25) is 0 Å². The Hall–Kier alpha value is -1.69. The summed E-state index contributed by atoms with van der Waals surface area (Å²) in [4.78, 5) is 10.9. The van der Waals surface area contributed by atoms with E-state index in [2.05, 4.69) is 24.6 Å². The van der Waals surface area contributed by atoms with Crippen LogP contribution in [0.25, 0.3) is 0 Å². The van der Waals surface area contributed by atoms with E-state index in [1.165, 1.54) is 12.8 Å². The van der Waals surface area contributed by atoms with Crippen LogP contribution >= 0.6 is 0 Å². The maximum atomic E-state index is 5.03. The fourth-order valence-corrected chi connectivity index (χ4v) is 2.77. The molecule has 0 unspecified atom stereocenters. The number of aromatic nitrogens is 4. The normalized spacial score (nSPS) is 17.6. The Kier molecular flexibility index (Phi) is 4.11. The molecule has 0 saturated carbocycles. The number of hydrogen-bond acceptors (Lipinski definition) is 5. The molecule has 20 heavy (non-hydrogen) atoms. The minimum atomic E-state index is 0.665. The Morgan fingerprint density at radius 2 is 2.15 bits per heavy atom. The minimum absolute atomic E-state index is 0.665. The summed E-state index contributed by atoms with van der Waals surface area (Å²) >= 11 is 0. The summed E-state index contributed by atoms with van der Waals surface area (Å²) < 4.78 is 7.16. The van der Waals surface area contributed by atoms with Gasteiger partial charge in [-0.1, -0.05) is 5.16 Å². The molecule has 6 nitrogen and oxygen atoms in total. The molecule has 0 atom stereocenters. The van der Waals surface area contributed by atoms with E-state index in [1.54, 1.807) is 0 Å². The Labute approximate surface area is 118 Å². The van der Waals surface area contributed by atoms with E-state index in [-0.39, 0.29) is 0 Å². The topological polar surface area (TPSA) is 60.0 Å². The molecule has 1 fully saturated rings. The SMILES string of the molecule is Cc1nc(CC2CCN(CCn3ccnc3)CC2)no1. The van der Waals surface area contributed by atoms with E-state index in [9.17, 15) is 0 Å². The Morgan fingerprint density at radius 1 is 1.30 bits per heavy atom. The monoisotopic (exact) mass is 275 g/mol. The summed E-state index contributed by atoms with van der Waals surface area (Å²) in [5.74, 6) is 2.22. The molecular weight excluding hydrogens is 254 g/mol. The van der Waals surface area contributed by atoms with Gasteiger partial charge >= 0.3 is 0 Å². The van der Waals surface area contributed by atoms with Crippen molar-refractivity contribution in [3.63, 3.8) is 0 Å². The molecule has 6 heteroatoms. The van der Waals surface area contributed by atoms with Gasteiger partial charge in [-0.15, -0.1) is 0 Å². The van der Waals surface area contributed by atoms with Gasteiger partial charge in [0, 0.05) is 38.8 Å². The second-order valence-corrected chi connectivity index (χ2v) is 5.52. The van der Waals surface area contributed by atoms with Gasteiger partial charge in [0.15, 0.2) is 5.82 Å². The van der Waals surface area contributed by atoms with Crippen LogP contribution in [0.4, 0.5) is 0 Å². The van der Waals surface area contributed by atoms with Gasteiger partial charge in [0.25, 0.3) is 0 Å². The predicted octanol–water partition coefficient (Wildman–Crippen LogP) is 1.53. The Morgan fingerprint density at radius 3 is 2.80 bits per heavy atom. The standard InChI is InChI=1S/C14H21N5O/c1-12-16-14(17-20-12)10-13-2-5-18(6-3-13)8-9-19-7-4-15-11-19/h4,7,11,13H,2-3,5-6,8-10H2,1H3. The highest BCUT2D eigenvalue weighted by Crippen LogP contribution is 2.20. The average Bonchev–Trinajstić information content (AvgIpc) is 3.10. The van der Waals surface area contributed by atoms with Gasteiger partial charge in [0.2, 0.25) is 5.89 Å². The molecule has 0 N–H and O–H groups in total. The summed E-state index contributed by atoms with van der Waals surface area (Å²) in [5, 5.41) is 3.99. The molecule has 0 spiro atoms. The quantitative estimate of drug-likeness (QED) is 0.828. The van der Waals surface area contributed by atoms with Crippen LogP contribution in [0.1, 0.15) is 24.6 Å². The third-order valence-corrected chi connectivity index (χ3v) is 3.98. The highest BCUT2D eigenvalue weighted by Gasteiger charge is 2.20. The number of piperidine rings is 1. The van der Waals surface area contributed by atoms with Gasteiger partial charge in [0.05, 0.1) is 6.33 Å². The van der Waals surface area contributed by atoms with Crippen LogP contribution in [0.5, 0.6) is 0 Å². The third-order valence-electron chi connectivity index (χ3n) is 3.98. The number of likely N-dealkylation sites (tertiary alicyclic amines) is 1. The first-order valence-corrected chi connectivity index (χ1v) is 7.27. The van der Waals surface area contributed by atoms with Crippen LogP contribution in [0.15, 0.2) is 23.2 Å². The molecule has 1 aliphatic rings. The number of nitrogens with zero attached hydrogens (tertiary/aromatic N) is 5. The smallest absolute Gasteiger partial charge is 0.223 e. The first-order valence-electron chi connectivity index (χ1n) is 7.27. The largest absolute Gasteiger partial charge is 0.340 e. The van der Waals surface area contributed by atoms with Crippen LogP contribution in [0.3, 0.4) is 0 Å². The zero-order valence-corrected chi connectivity index (χ0v) is 11.9. The maximum Gasteiger partial charge on any atom is 0.223 e. The molecular formula is C14H21N5O. The minimum Gasteiger partial charge on any atom is -0.340 e. The third kappa shape index (κ3) is 3.45. The molecule has 3 heterocycles. The van der Waals surface area contributed by atoms with Crippen molar-refractivity contribution in [1.82, 2.24) is 24.6 Å². The molecule has 1 aliphatic heterocycles. The second kappa shape index (κ2) is 6.17. The first kappa shape index (κ1) is 13.3. The fraction of sp³-hybridized carbons (Fsp3) is 0.643. The van der Waals surface area contributed by atoms with E-state index in [1.807, 2.05) is 25.6 Å². The highest BCUT2D eigenvalue weighted by atomic mass is 16.5. The van der Waals surface area contributed by atoms with Gasteiger partial charge in [0.1, 0.15) is 0 Å². The van der Waals surface area contributed by atoms with Gasteiger partial charge < -0.3 is 14.0 Å². The lowest BCUT2D eigenvalue weighted by atomic mass is 9.93. The van der Waals surface area contributed by atoms with E-state index < -0.39 is 0 Å². The molecule has 1 saturated heterocycles. The summed E-state index contributed by atoms with van der Waals surface area (Å²) in [6, 6.07) is 0. The number of rotatable bonds is 5. The van der Waals surface area contributed by atoms with Gasteiger partial charge in [-0.25, -0.2) is 4.98 Å². The molecule has 2 aromatic heterocycles. The number of aryl methyl sites for hydroxylation is 1. The highest BCUT2D eigenvalue weighted by molar-refractivity contribution is 4.88. The second-order valence-electron chi connectivity index (χ2n) is 5.52. The van der Waals surface area contributed by atoms with Crippen LogP contribution in [-0.2, 0) is 13.0 Å². The summed E-state index contributed by atoms with van der Waals surface area (Å²) in [7, 11) is 0. The van der Waals surface area contributed by atoms with Crippen molar-refractivity contribution in [2.24, 2.45) is 5.92 Å². The molecule has 0 bridgehead atoms. The van der Waals surface area contributed by atoms with Crippen LogP contribution in [0, 0.1) is 12.8 Å². The van der Waals surface area contributed by atoms with Crippen LogP contribution < -0.4 is 0 Å². The molecule has 2 aromatic rings. The van der Waals surface area contributed by atoms with Crippen molar-refractivity contribution >= 4 is 0 Å². The predicted molar refractivity (Wildman–Crippen MR) is 74.1 cm³/mol.